The Kier molecular flexibility index (Phi) is 24.3. The molecule has 0 aliphatic carbocycles. The molecule has 2 unspecified atom stereocenters. The number of aromatic nitrogens is 1. The highest BCUT2D eigenvalue weighted by atomic mass is 16.3. The summed E-state index contributed by atoms with van der Waals surface area (Å²) in [6.07, 6.45) is -1.46. The Balaban J connectivity index is 1.57. The summed E-state index contributed by atoms with van der Waals surface area (Å²) in [5, 5.41) is 57.0. The zero-order valence-corrected chi connectivity index (χ0v) is 44.2. The first-order valence-corrected chi connectivity index (χ1v) is 26.2. The van der Waals surface area contributed by atoms with Gasteiger partial charge in [0.1, 0.15) is 36.3 Å². The maximum Gasteiger partial charge on any atom is 0.243 e. The molecule has 1 aromatic heterocycles. The van der Waals surface area contributed by atoms with Gasteiger partial charge in [0.05, 0.1) is 30.6 Å². The number of aromatic amines is 1. The van der Waals surface area contributed by atoms with Crippen LogP contribution in [0.3, 0.4) is 0 Å². The lowest BCUT2D eigenvalue weighted by Gasteiger charge is -2.32. The summed E-state index contributed by atoms with van der Waals surface area (Å²) in [6, 6.07) is 12.9. The molecule has 79 heavy (non-hydrogen) atoms. The van der Waals surface area contributed by atoms with E-state index in [2.05, 4.69) is 57.5 Å². The topological polar surface area (TPSA) is 447 Å². The summed E-state index contributed by atoms with van der Waals surface area (Å²) in [7, 11) is 0. The molecular formula is C53H76N16O10. The predicted molar refractivity (Wildman–Crippen MR) is 296 cm³/mol. The Bertz CT molecular complexity index is 2720. The third kappa shape index (κ3) is 20.9. The van der Waals surface area contributed by atoms with Gasteiger partial charge in [-0.1, -0.05) is 60.7 Å². The van der Waals surface area contributed by atoms with Gasteiger partial charge < -0.3 is 80.9 Å². The molecule has 1 aliphatic rings. The smallest absolute Gasteiger partial charge is 0.243 e. The molecule has 0 bridgehead atoms. The number of primary amides is 1. The Morgan fingerprint density at radius 1 is 0.722 bits per heavy atom. The van der Waals surface area contributed by atoms with Gasteiger partial charge in [-0.05, 0) is 92.7 Å². The lowest BCUT2D eigenvalue weighted by atomic mass is 10.00. The van der Waals surface area contributed by atoms with E-state index < -0.39 is 103 Å². The van der Waals surface area contributed by atoms with Crippen molar-refractivity contribution in [2.24, 2.45) is 38.7 Å². The Labute approximate surface area is 457 Å². The minimum atomic E-state index is -1.77. The minimum Gasteiger partial charge on any atom is -0.508 e. The van der Waals surface area contributed by atoms with Gasteiger partial charge in [0.25, 0.3) is 0 Å². The first-order chi connectivity index (χ1) is 37.8. The van der Waals surface area contributed by atoms with Crippen molar-refractivity contribution in [3.05, 3.63) is 102 Å². The summed E-state index contributed by atoms with van der Waals surface area (Å²) in [4.78, 5) is 109. The van der Waals surface area contributed by atoms with Crippen molar-refractivity contribution < 1.29 is 48.9 Å². The largest absolute Gasteiger partial charge is 0.508 e. The number of aliphatic hydroxyl groups excluding tert-OH is 2. The average Bonchev–Trinajstić information content (AvgIpc) is 3.85. The van der Waals surface area contributed by atoms with Gasteiger partial charge in [-0.25, -0.2) is 0 Å². The normalized spacial score (nSPS) is 22.1. The lowest BCUT2D eigenvalue weighted by molar-refractivity contribution is -0.134. The number of hydrogen-bond donors (Lipinski definition) is 17. The molecule has 4 aromatic rings. The molecule has 428 valence electrons. The highest BCUT2D eigenvalue weighted by Crippen LogP contribution is 2.20. The van der Waals surface area contributed by atoms with Crippen LogP contribution in [0.5, 0.6) is 5.75 Å². The fourth-order valence-corrected chi connectivity index (χ4v) is 9.01. The molecule has 0 radical (unpaired) electrons. The number of nitrogens with one attached hydrogen (secondary N) is 9. The highest BCUT2D eigenvalue weighted by Gasteiger charge is 2.35. The number of benzene rings is 3. The molecule has 1 fully saturated rings. The Morgan fingerprint density at radius 3 is 2.04 bits per heavy atom. The number of rotatable bonds is 19. The monoisotopic (exact) mass is 1100 g/mol. The van der Waals surface area contributed by atoms with Crippen molar-refractivity contribution in [3.63, 3.8) is 0 Å². The van der Waals surface area contributed by atoms with Gasteiger partial charge >= 0.3 is 0 Å². The van der Waals surface area contributed by atoms with Crippen LogP contribution in [0.25, 0.3) is 10.9 Å². The lowest BCUT2D eigenvalue weighted by Crippen LogP contribution is -2.62. The van der Waals surface area contributed by atoms with E-state index in [0.29, 0.717) is 23.1 Å². The summed E-state index contributed by atoms with van der Waals surface area (Å²) in [5.41, 5.74) is 30.6. The van der Waals surface area contributed by atoms with Gasteiger partial charge in [-0.2, -0.15) is 0 Å². The van der Waals surface area contributed by atoms with E-state index in [1.54, 1.807) is 48.7 Å². The second-order valence-electron chi connectivity index (χ2n) is 19.4. The fourth-order valence-electron chi connectivity index (χ4n) is 9.01. The predicted octanol–water partition coefficient (Wildman–Crippen LogP) is -2.82. The van der Waals surface area contributed by atoms with E-state index in [1.807, 2.05) is 24.3 Å². The SMILES string of the molecule is CC(=O)N[C@@H](CCCN=C(N)N)C(O)N[C@H]1CC(=O)NCCCC[C@@H](C(N)=O)NC(=O)[C@H](Cc2c[nH]c3ccccc23)NC(=O)[C@H](CCCN=C(N)N)NC(=O)[C@@H](Cc2ccccc2)NC(O)[C@H](Cc2ccc(O)cc2)NC1=O. The van der Waals surface area contributed by atoms with Gasteiger partial charge in [-0.15, -0.1) is 0 Å². The summed E-state index contributed by atoms with van der Waals surface area (Å²) < 4.78 is 0. The minimum absolute atomic E-state index is 0.0290. The van der Waals surface area contributed by atoms with Crippen LogP contribution in [0.4, 0.5) is 0 Å². The summed E-state index contributed by atoms with van der Waals surface area (Å²) in [6.45, 7) is 1.48. The number of nitrogens with zero attached hydrogens (tertiary/aromatic N) is 2. The fraction of sp³-hybridized carbons (Fsp3) is 0.453. The number of hydrogen-bond acceptors (Lipinski definition) is 14. The molecule has 3 aromatic carbocycles. The Morgan fingerprint density at radius 2 is 1.35 bits per heavy atom. The number of H-pyrrole nitrogens is 1. The third-order valence-corrected chi connectivity index (χ3v) is 13.1. The van der Waals surface area contributed by atoms with Crippen molar-refractivity contribution >= 4 is 64.2 Å². The number of guanidine groups is 2. The summed E-state index contributed by atoms with van der Waals surface area (Å²) >= 11 is 0. The number of aromatic hydroxyl groups is 1. The zero-order chi connectivity index (χ0) is 57.4. The first-order valence-electron chi connectivity index (χ1n) is 26.2. The van der Waals surface area contributed by atoms with E-state index in [1.165, 1.54) is 19.1 Å². The van der Waals surface area contributed by atoms with Crippen molar-refractivity contribution in [2.45, 2.75) is 132 Å². The molecule has 1 saturated heterocycles. The van der Waals surface area contributed by atoms with Gasteiger partial charge in [0.15, 0.2) is 11.9 Å². The van der Waals surface area contributed by atoms with Crippen molar-refractivity contribution in [1.29, 1.82) is 0 Å². The van der Waals surface area contributed by atoms with Crippen LogP contribution in [0, 0.1) is 0 Å². The van der Waals surface area contributed by atoms with Crippen LogP contribution in [0.15, 0.2) is 95.0 Å². The Hall–Kier alpha value is -8.33. The number of nitrogens with two attached hydrogens (primary N) is 5. The quantitative estimate of drug-likeness (QED) is 0.0195. The number of phenols is 1. The number of aliphatic imine (C=N–C) groups is 2. The van der Waals surface area contributed by atoms with E-state index in [0.717, 1.165) is 10.9 Å². The van der Waals surface area contributed by atoms with Gasteiger partial charge in [0.2, 0.25) is 41.4 Å². The van der Waals surface area contributed by atoms with Crippen molar-refractivity contribution in [3.8, 4) is 5.75 Å². The number of amides is 7. The number of carbonyl (C=O) groups excluding carboxylic acids is 7. The number of fused-ring (bicyclic) bond motifs is 1. The first kappa shape index (κ1) is 61.5. The second kappa shape index (κ2) is 31.2. The van der Waals surface area contributed by atoms with Crippen LogP contribution >= 0.6 is 0 Å². The average molecular weight is 1100 g/mol. The van der Waals surface area contributed by atoms with Crippen LogP contribution in [0.1, 0.15) is 75.0 Å². The highest BCUT2D eigenvalue weighted by molar-refractivity contribution is 5.95. The van der Waals surface area contributed by atoms with E-state index in [4.69, 9.17) is 28.7 Å². The summed E-state index contributed by atoms with van der Waals surface area (Å²) in [5.74, 6) is -5.65. The molecule has 9 atom stereocenters. The van der Waals surface area contributed by atoms with E-state index in [-0.39, 0.29) is 95.1 Å². The molecule has 2 heterocycles. The second-order valence-corrected chi connectivity index (χ2v) is 19.4. The van der Waals surface area contributed by atoms with Crippen LogP contribution in [-0.2, 0) is 52.8 Å². The van der Waals surface area contributed by atoms with Crippen LogP contribution < -0.4 is 71.2 Å². The van der Waals surface area contributed by atoms with Crippen molar-refractivity contribution in [2.75, 3.05) is 19.6 Å². The van der Waals surface area contributed by atoms with Crippen molar-refractivity contribution in [1.82, 2.24) is 47.5 Å². The number of phenolic OH excluding ortho intramolecular Hbond substituents is 1. The molecule has 5 rings (SSSR count). The molecule has 0 saturated carbocycles. The zero-order valence-electron chi connectivity index (χ0n) is 44.2. The third-order valence-electron chi connectivity index (χ3n) is 13.1. The maximum absolute atomic E-state index is 14.8. The number of carbonyl (C=O) groups is 7. The molecule has 1 aliphatic heterocycles. The van der Waals surface area contributed by atoms with Gasteiger partial charge in [0, 0.05) is 50.1 Å². The van der Waals surface area contributed by atoms with Gasteiger partial charge in [-0.3, -0.25) is 54.2 Å². The van der Waals surface area contributed by atoms with E-state index >= 15 is 0 Å². The van der Waals surface area contributed by atoms with Crippen LogP contribution in [-0.4, -0.2) is 148 Å². The number of para-hydroxylation sites is 1. The maximum atomic E-state index is 14.8. The molecule has 7 amide bonds. The van der Waals surface area contributed by atoms with E-state index in [9.17, 15) is 48.9 Å². The number of aliphatic hydroxyl groups is 2. The molecule has 26 heteroatoms. The molecular weight excluding hydrogens is 1020 g/mol. The van der Waals surface area contributed by atoms with Crippen LogP contribution in [0.2, 0.25) is 0 Å². The molecule has 0 spiro atoms. The molecule has 22 N–H and O–H groups in total. The standard InChI is InChI=1S/C53H76N16O10/c1-30(70)63-38(16-9-23-60-52(55)56)46(74)69-43-28-44(72)59-22-8-7-15-37(45(54)73)64-50(78)42(27-33-29-62-36-14-6-5-13-35(33)36)68-47(75)39(17-10-24-61-53(57)58)65-48(76)40(25-31-11-3-2-4-12-31)66-49(77)41(67-51(43)79)26-32-18-20-34(71)21-19-32/h2-6,11-14,18-21,29,37-43,46,49,62,66,69,71,74,77H,7-10,15-17,22-28H2,1H3,(H2,54,73)(H,59,72)(H,63,70)(H,64,78)(H,65,76)(H,67,79)(H,68,75)(H4,55,56,60)(H4,57,58,61)/t37-,38-,39-,40+,41-,42-,43-,46?,49?/m0/s1. The molecule has 26 nitrogen and oxygen atoms in total.